The first kappa shape index (κ1) is 17.3. The smallest absolute Gasteiger partial charge is 0.311 e. The number of hydrogen-bond acceptors (Lipinski definition) is 8. The lowest BCUT2D eigenvalue weighted by Gasteiger charge is -2.04. The standard InChI is InChI=1S/C13H14N2O6S2/c1-2-20-11(16)5-6-12(17)21-8-3-4-9-10(7-8)22-13(15-9)23(14,18)19/h3-4,7H,2,5-6H2,1H3,(H2,14,18,19). The highest BCUT2D eigenvalue weighted by Gasteiger charge is 2.16. The molecule has 2 N–H and O–H groups in total. The SMILES string of the molecule is CCOC(=O)CCC(=O)Oc1ccc2nc(S(N)(=O)=O)sc2c1. The van der Waals surface area contributed by atoms with E-state index in [4.69, 9.17) is 14.6 Å². The van der Waals surface area contributed by atoms with Crippen LogP contribution < -0.4 is 9.88 Å². The van der Waals surface area contributed by atoms with Gasteiger partial charge in [-0.05, 0) is 19.1 Å². The van der Waals surface area contributed by atoms with E-state index in [1.54, 1.807) is 6.92 Å². The molecule has 0 radical (unpaired) electrons. The van der Waals surface area contributed by atoms with Gasteiger partial charge >= 0.3 is 11.9 Å². The van der Waals surface area contributed by atoms with Crippen molar-refractivity contribution < 1.29 is 27.5 Å². The molecule has 2 aromatic rings. The minimum atomic E-state index is -3.88. The fourth-order valence-electron chi connectivity index (χ4n) is 1.69. The highest BCUT2D eigenvalue weighted by Crippen LogP contribution is 2.28. The van der Waals surface area contributed by atoms with Gasteiger partial charge in [0.25, 0.3) is 10.0 Å². The quantitative estimate of drug-likeness (QED) is 0.607. The minimum absolute atomic E-state index is 0.0644. The van der Waals surface area contributed by atoms with Crippen molar-refractivity contribution >= 4 is 43.5 Å². The lowest BCUT2D eigenvalue weighted by Crippen LogP contribution is -2.12. The second-order valence-corrected chi connectivity index (χ2v) is 7.20. The predicted molar refractivity (Wildman–Crippen MR) is 82.5 cm³/mol. The van der Waals surface area contributed by atoms with Crippen molar-refractivity contribution in [3.63, 3.8) is 0 Å². The van der Waals surface area contributed by atoms with E-state index in [9.17, 15) is 18.0 Å². The van der Waals surface area contributed by atoms with Crippen molar-refractivity contribution in [2.45, 2.75) is 24.1 Å². The molecule has 0 fully saturated rings. The fraction of sp³-hybridized carbons (Fsp3) is 0.308. The normalized spacial score (nSPS) is 11.4. The molecule has 124 valence electrons. The average Bonchev–Trinajstić information content (AvgIpc) is 2.89. The zero-order chi connectivity index (χ0) is 17.0. The highest BCUT2D eigenvalue weighted by molar-refractivity contribution is 7.91. The lowest BCUT2D eigenvalue weighted by molar-refractivity contribution is -0.146. The third kappa shape index (κ3) is 4.71. The molecule has 0 atom stereocenters. The zero-order valence-electron chi connectivity index (χ0n) is 12.1. The molecule has 8 nitrogen and oxygen atoms in total. The van der Waals surface area contributed by atoms with Crippen molar-refractivity contribution in [2.75, 3.05) is 6.61 Å². The molecule has 0 unspecified atom stereocenters. The molecule has 2 rings (SSSR count). The van der Waals surface area contributed by atoms with Gasteiger partial charge < -0.3 is 9.47 Å². The molecule has 1 heterocycles. The van der Waals surface area contributed by atoms with Crippen molar-refractivity contribution in [1.82, 2.24) is 4.98 Å². The van der Waals surface area contributed by atoms with Crippen molar-refractivity contribution in [3.8, 4) is 5.75 Å². The number of esters is 2. The van der Waals surface area contributed by atoms with Crippen molar-refractivity contribution in [3.05, 3.63) is 18.2 Å². The van der Waals surface area contributed by atoms with Gasteiger partial charge in [0, 0.05) is 6.07 Å². The summed E-state index contributed by atoms with van der Waals surface area (Å²) in [7, 11) is -3.88. The van der Waals surface area contributed by atoms with Gasteiger partial charge in [-0.1, -0.05) is 0 Å². The first-order valence-corrected chi connectivity index (χ1v) is 8.95. The molecular weight excluding hydrogens is 344 g/mol. The summed E-state index contributed by atoms with van der Waals surface area (Å²) in [6.45, 7) is 1.93. The molecule has 0 amide bonds. The Kier molecular flexibility index (Phi) is 5.29. The molecule has 0 spiro atoms. The van der Waals surface area contributed by atoms with E-state index >= 15 is 0 Å². The van der Waals surface area contributed by atoms with E-state index in [2.05, 4.69) is 4.98 Å². The Balaban J connectivity index is 2.06. The fourth-order valence-corrected chi connectivity index (χ4v) is 3.37. The minimum Gasteiger partial charge on any atom is -0.466 e. The molecule has 1 aromatic heterocycles. The second-order valence-electron chi connectivity index (χ2n) is 4.43. The first-order valence-electron chi connectivity index (χ1n) is 6.59. The Labute approximate surface area is 136 Å². The number of ether oxygens (including phenoxy) is 2. The molecule has 0 aliphatic heterocycles. The Morgan fingerprint density at radius 2 is 1.96 bits per heavy atom. The zero-order valence-corrected chi connectivity index (χ0v) is 13.8. The van der Waals surface area contributed by atoms with Crippen LogP contribution in [0.4, 0.5) is 0 Å². The Morgan fingerprint density at radius 1 is 1.26 bits per heavy atom. The van der Waals surface area contributed by atoms with Crippen LogP contribution in [-0.2, 0) is 24.3 Å². The number of carbonyl (C=O) groups is 2. The molecule has 0 aliphatic carbocycles. The number of thiazole rings is 1. The summed E-state index contributed by atoms with van der Waals surface area (Å²) in [5, 5.41) is 5.02. The van der Waals surface area contributed by atoms with Crippen LogP contribution in [0.15, 0.2) is 22.5 Å². The Morgan fingerprint density at radius 3 is 2.61 bits per heavy atom. The van der Waals surface area contributed by atoms with Crippen molar-refractivity contribution in [1.29, 1.82) is 0 Å². The lowest BCUT2D eigenvalue weighted by atomic mass is 10.3. The summed E-state index contributed by atoms with van der Waals surface area (Å²) in [5.74, 6) is -0.829. The van der Waals surface area contributed by atoms with Crippen LogP contribution in [0.3, 0.4) is 0 Å². The summed E-state index contributed by atoms with van der Waals surface area (Å²) in [6, 6.07) is 4.50. The predicted octanol–water partition coefficient (Wildman–Crippen LogP) is 1.19. The van der Waals surface area contributed by atoms with Gasteiger partial charge in [0.2, 0.25) is 4.34 Å². The van der Waals surface area contributed by atoms with Crippen LogP contribution in [0.1, 0.15) is 19.8 Å². The largest absolute Gasteiger partial charge is 0.466 e. The molecule has 23 heavy (non-hydrogen) atoms. The third-order valence-corrected chi connectivity index (χ3v) is 4.99. The van der Waals surface area contributed by atoms with Crippen LogP contribution in [0.25, 0.3) is 10.2 Å². The number of primary sulfonamides is 1. The number of fused-ring (bicyclic) bond motifs is 1. The summed E-state index contributed by atoms with van der Waals surface area (Å²) in [4.78, 5) is 26.7. The molecule has 0 aliphatic rings. The van der Waals surface area contributed by atoms with Gasteiger partial charge in [0.1, 0.15) is 5.75 Å². The number of nitrogens with two attached hydrogens (primary N) is 1. The van der Waals surface area contributed by atoms with E-state index in [0.717, 1.165) is 11.3 Å². The van der Waals surface area contributed by atoms with Crippen LogP contribution in [0.2, 0.25) is 0 Å². The maximum Gasteiger partial charge on any atom is 0.311 e. The maximum absolute atomic E-state index is 11.7. The molecule has 0 bridgehead atoms. The summed E-state index contributed by atoms with van der Waals surface area (Å²) in [5.41, 5.74) is 0.436. The van der Waals surface area contributed by atoms with Crippen LogP contribution >= 0.6 is 11.3 Å². The summed E-state index contributed by atoms with van der Waals surface area (Å²) >= 11 is 0.881. The van der Waals surface area contributed by atoms with E-state index in [-0.39, 0.29) is 29.5 Å². The van der Waals surface area contributed by atoms with Crippen LogP contribution in [-0.4, -0.2) is 31.9 Å². The number of aromatic nitrogens is 1. The van der Waals surface area contributed by atoms with Gasteiger partial charge in [-0.3, -0.25) is 9.59 Å². The molecule has 10 heteroatoms. The van der Waals surface area contributed by atoms with Crippen LogP contribution in [0, 0.1) is 0 Å². The molecule has 0 saturated heterocycles. The second kappa shape index (κ2) is 7.02. The first-order chi connectivity index (χ1) is 10.8. The average molecular weight is 358 g/mol. The molecule has 0 saturated carbocycles. The summed E-state index contributed by atoms with van der Waals surface area (Å²) < 4.78 is 32.6. The highest BCUT2D eigenvalue weighted by atomic mass is 32.2. The van der Waals surface area contributed by atoms with Gasteiger partial charge in [-0.15, -0.1) is 11.3 Å². The number of carbonyl (C=O) groups excluding carboxylic acids is 2. The number of nitrogens with zero attached hydrogens (tertiary/aromatic N) is 1. The Bertz CT molecular complexity index is 843. The number of hydrogen-bond donors (Lipinski definition) is 1. The van der Waals surface area contributed by atoms with E-state index in [0.29, 0.717) is 10.2 Å². The topological polar surface area (TPSA) is 126 Å². The third-order valence-electron chi connectivity index (χ3n) is 2.65. The molecular formula is C13H14N2O6S2. The number of benzene rings is 1. The van der Waals surface area contributed by atoms with Crippen molar-refractivity contribution in [2.24, 2.45) is 5.14 Å². The number of sulfonamides is 1. The monoisotopic (exact) mass is 358 g/mol. The van der Waals surface area contributed by atoms with Crippen LogP contribution in [0.5, 0.6) is 5.75 Å². The van der Waals surface area contributed by atoms with Gasteiger partial charge in [0.15, 0.2) is 0 Å². The van der Waals surface area contributed by atoms with Gasteiger partial charge in [-0.25, -0.2) is 18.5 Å². The Hall–Kier alpha value is -2.04. The van der Waals surface area contributed by atoms with Gasteiger partial charge in [-0.2, -0.15) is 0 Å². The van der Waals surface area contributed by atoms with Gasteiger partial charge in [0.05, 0.1) is 29.7 Å². The summed E-state index contributed by atoms with van der Waals surface area (Å²) in [6.07, 6.45) is -0.174. The van der Waals surface area contributed by atoms with E-state index < -0.39 is 22.0 Å². The number of rotatable bonds is 6. The van der Waals surface area contributed by atoms with E-state index in [1.807, 2.05) is 0 Å². The molecule has 1 aromatic carbocycles. The maximum atomic E-state index is 11.7. The van der Waals surface area contributed by atoms with E-state index in [1.165, 1.54) is 18.2 Å².